The Bertz CT molecular complexity index is 567. The first-order valence-electron chi connectivity index (χ1n) is 5.36. The summed E-state index contributed by atoms with van der Waals surface area (Å²) < 4.78 is 12.2. The average molecular weight is 331 g/mol. The van der Waals surface area contributed by atoms with Crippen LogP contribution in [0.25, 0.3) is 11.4 Å². The Morgan fingerprint density at radius 1 is 1.68 bits per heavy atom. The molecule has 0 amide bonds. The van der Waals surface area contributed by atoms with Gasteiger partial charge >= 0.3 is 5.97 Å². The van der Waals surface area contributed by atoms with Crippen molar-refractivity contribution >= 4 is 21.9 Å². The molecule has 0 saturated heterocycles. The summed E-state index contributed by atoms with van der Waals surface area (Å²) in [7, 11) is 1.45. The van der Waals surface area contributed by atoms with Gasteiger partial charge in [-0.05, 0) is 32.4 Å². The minimum Gasteiger partial charge on any atom is -0.481 e. The second-order valence-electron chi connectivity index (χ2n) is 3.75. The van der Waals surface area contributed by atoms with Crippen LogP contribution in [0, 0.1) is 0 Å². The molecule has 0 aliphatic rings. The van der Waals surface area contributed by atoms with Gasteiger partial charge in [-0.1, -0.05) is 0 Å². The molecule has 2 rings (SSSR count). The first-order chi connectivity index (χ1) is 9.11. The molecule has 1 N–H and O–H groups in total. The van der Waals surface area contributed by atoms with Crippen LogP contribution in [0.3, 0.4) is 0 Å². The number of carbonyl (C=O) groups is 1. The fraction of sp³-hybridized carbons (Fsp3) is 0.400. The average Bonchev–Trinajstić information content (AvgIpc) is 2.96. The van der Waals surface area contributed by atoms with Gasteiger partial charge in [0.2, 0.25) is 0 Å². The zero-order valence-corrected chi connectivity index (χ0v) is 11.6. The summed E-state index contributed by atoms with van der Waals surface area (Å²) >= 11 is 3.24. The van der Waals surface area contributed by atoms with Gasteiger partial charge in [0.25, 0.3) is 0 Å². The number of furan rings is 1. The maximum absolute atomic E-state index is 10.7. The number of tetrazole rings is 1. The Morgan fingerprint density at radius 2 is 2.47 bits per heavy atom. The Hall–Kier alpha value is -1.74. The maximum Gasteiger partial charge on any atom is 0.306 e. The maximum atomic E-state index is 10.7. The topological polar surface area (TPSA) is 103 Å². The highest BCUT2D eigenvalue weighted by Crippen LogP contribution is 2.27. The van der Waals surface area contributed by atoms with Crippen LogP contribution < -0.4 is 0 Å². The van der Waals surface area contributed by atoms with Gasteiger partial charge in [0, 0.05) is 7.11 Å². The number of ether oxygens (including phenoxy) is 1. The highest BCUT2D eigenvalue weighted by Gasteiger charge is 2.19. The quantitative estimate of drug-likeness (QED) is 0.848. The second kappa shape index (κ2) is 5.93. The van der Waals surface area contributed by atoms with E-state index in [1.807, 2.05) is 0 Å². The van der Waals surface area contributed by atoms with E-state index >= 15 is 0 Å². The summed E-state index contributed by atoms with van der Waals surface area (Å²) in [5, 5.41) is 20.1. The van der Waals surface area contributed by atoms with Crippen LogP contribution in [0.1, 0.15) is 6.42 Å². The lowest BCUT2D eigenvalue weighted by molar-refractivity contribution is -0.139. The van der Waals surface area contributed by atoms with Crippen molar-refractivity contribution in [1.29, 1.82) is 0 Å². The first-order valence-corrected chi connectivity index (χ1v) is 6.15. The van der Waals surface area contributed by atoms with Gasteiger partial charge < -0.3 is 14.3 Å². The lowest BCUT2D eigenvalue weighted by Gasteiger charge is -2.13. The summed E-state index contributed by atoms with van der Waals surface area (Å²) in [6.45, 7) is 0.239. The summed E-state index contributed by atoms with van der Waals surface area (Å²) in [6.07, 6.45) is 0.872. The third-order valence-corrected chi connectivity index (χ3v) is 3.12. The first kappa shape index (κ1) is 13.7. The number of aliphatic carboxylic acids is 1. The fourth-order valence-electron chi connectivity index (χ4n) is 1.58. The standard InChI is InChI=1S/C10H11BrN4O4/c1-18-6(4-8(16)17)5-15-10(12-13-14-15)7-2-3-19-9(7)11/h2-3,6H,4-5H2,1H3,(H,16,17). The number of carboxylic acids is 1. The molecular weight excluding hydrogens is 320 g/mol. The highest BCUT2D eigenvalue weighted by atomic mass is 79.9. The Morgan fingerprint density at radius 3 is 3.05 bits per heavy atom. The van der Waals surface area contributed by atoms with E-state index in [1.54, 1.807) is 6.07 Å². The van der Waals surface area contributed by atoms with Gasteiger partial charge in [-0.3, -0.25) is 4.79 Å². The van der Waals surface area contributed by atoms with Gasteiger partial charge in [0.05, 0.1) is 30.9 Å². The molecule has 0 fully saturated rings. The molecule has 1 unspecified atom stereocenters. The molecule has 0 aliphatic carbocycles. The van der Waals surface area contributed by atoms with E-state index in [2.05, 4.69) is 31.5 Å². The lowest BCUT2D eigenvalue weighted by Crippen LogP contribution is -2.23. The molecule has 1 atom stereocenters. The van der Waals surface area contributed by atoms with Gasteiger partial charge in [-0.15, -0.1) is 5.10 Å². The van der Waals surface area contributed by atoms with E-state index < -0.39 is 12.1 Å². The number of hydrogen-bond acceptors (Lipinski definition) is 6. The smallest absolute Gasteiger partial charge is 0.306 e. The summed E-state index contributed by atoms with van der Waals surface area (Å²) in [4.78, 5) is 10.7. The molecule has 2 aromatic heterocycles. The van der Waals surface area contributed by atoms with Crippen molar-refractivity contribution in [2.45, 2.75) is 19.1 Å². The predicted molar refractivity (Wildman–Crippen MR) is 66.3 cm³/mol. The Kier molecular flexibility index (Phi) is 4.27. The van der Waals surface area contributed by atoms with Crippen LogP contribution in [-0.4, -0.2) is 44.5 Å². The molecule has 0 aromatic carbocycles. The van der Waals surface area contributed by atoms with Crippen molar-refractivity contribution in [3.63, 3.8) is 0 Å². The Labute approximate surface area is 116 Å². The van der Waals surface area contributed by atoms with Crippen molar-refractivity contribution in [3.05, 3.63) is 17.0 Å². The highest BCUT2D eigenvalue weighted by molar-refractivity contribution is 9.10. The molecule has 102 valence electrons. The summed E-state index contributed by atoms with van der Waals surface area (Å²) in [5.41, 5.74) is 0.690. The molecule has 9 heteroatoms. The molecule has 0 aliphatic heterocycles. The second-order valence-corrected chi connectivity index (χ2v) is 4.47. The number of carboxylic acid groups (broad SMARTS) is 1. The molecule has 2 heterocycles. The normalized spacial score (nSPS) is 12.5. The molecule has 0 spiro atoms. The number of aromatic nitrogens is 4. The summed E-state index contributed by atoms with van der Waals surface area (Å²) in [5.74, 6) is -0.459. The van der Waals surface area contributed by atoms with Crippen molar-refractivity contribution < 1.29 is 19.1 Å². The van der Waals surface area contributed by atoms with Crippen molar-refractivity contribution in [1.82, 2.24) is 20.2 Å². The van der Waals surface area contributed by atoms with Crippen LogP contribution >= 0.6 is 15.9 Å². The van der Waals surface area contributed by atoms with Crippen LogP contribution in [0.4, 0.5) is 0 Å². The third-order valence-electron chi connectivity index (χ3n) is 2.50. The zero-order chi connectivity index (χ0) is 13.8. The minimum atomic E-state index is -0.939. The number of hydrogen-bond donors (Lipinski definition) is 1. The van der Waals surface area contributed by atoms with Gasteiger partial charge in [-0.25, -0.2) is 4.68 Å². The van der Waals surface area contributed by atoms with Gasteiger partial charge in [0.1, 0.15) is 0 Å². The number of rotatable bonds is 6. The monoisotopic (exact) mass is 330 g/mol. The van der Waals surface area contributed by atoms with E-state index in [0.717, 1.165) is 0 Å². The molecule has 0 radical (unpaired) electrons. The van der Waals surface area contributed by atoms with E-state index in [-0.39, 0.29) is 13.0 Å². The van der Waals surface area contributed by atoms with Crippen molar-refractivity contribution in [2.24, 2.45) is 0 Å². The van der Waals surface area contributed by atoms with E-state index in [4.69, 9.17) is 14.3 Å². The summed E-state index contributed by atoms with van der Waals surface area (Å²) in [6, 6.07) is 1.71. The van der Waals surface area contributed by atoms with Crippen LogP contribution in [-0.2, 0) is 16.1 Å². The SMILES string of the molecule is COC(CC(=O)O)Cn1nnnc1-c1ccoc1Br. The van der Waals surface area contributed by atoms with Gasteiger partial charge in [0.15, 0.2) is 10.5 Å². The number of nitrogens with zero attached hydrogens (tertiary/aromatic N) is 4. The van der Waals surface area contributed by atoms with E-state index in [1.165, 1.54) is 18.1 Å². The predicted octanol–water partition coefficient (Wildman–Crippen LogP) is 1.19. The lowest BCUT2D eigenvalue weighted by atomic mass is 10.2. The number of methoxy groups -OCH3 is 1. The number of halogens is 1. The van der Waals surface area contributed by atoms with Crippen LogP contribution in [0.15, 0.2) is 21.4 Å². The largest absolute Gasteiger partial charge is 0.481 e. The van der Waals surface area contributed by atoms with Gasteiger partial charge in [-0.2, -0.15) is 0 Å². The zero-order valence-electron chi connectivity index (χ0n) is 9.99. The fourth-order valence-corrected chi connectivity index (χ4v) is 2.00. The van der Waals surface area contributed by atoms with E-state index in [9.17, 15) is 4.79 Å². The van der Waals surface area contributed by atoms with Crippen molar-refractivity contribution in [2.75, 3.05) is 7.11 Å². The molecule has 8 nitrogen and oxygen atoms in total. The minimum absolute atomic E-state index is 0.123. The van der Waals surface area contributed by atoms with Crippen LogP contribution in [0.2, 0.25) is 0 Å². The van der Waals surface area contributed by atoms with E-state index in [0.29, 0.717) is 16.1 Å². The third kappa shape index (κ3) is 3.18. The Balaban J connectivity index is 2.20. The van der Waals surface area contributed by atoms with Crippen LogP contribution in [0.5, 0.6) is 0 Å². The molecule has 2 aromatic rings. The molecule has 0 bridgehead atoms. The molecule has 19 heavy (non-hydrogen) atoms. The molecule has 0 saturated carbocycles. The molecular formula is C10H11BrN4O4. The van der Waals surface area contributed by atoms with Crippen molar-refractivity contribution in [3.8, 4) is 11.4 Å².